The number of benzene rings is 2. The Bertz CT molecular complexity index is 1360. The average molecular weight is 507 g/mol. The molecule has 1 aliphatic rings. The Balaban J connectivity index is 1.77. The molecule has 0 spiro atoms. The molecule has 0 saturated carbocycles. The van der Waals surface area contributed by atoms with Gasteiger partial charge in [-0.2, -0.15) is 0 Å². The van der Waals surface area contributed by atoms with Gasteiger partial charge in [-0.15, -0.1) is 11.3 Å². The lowest BCUT2D eigenvalue weighted by Crippen LogP contribution is -2.29. The third kappa shape index (κ3) is 4.76. The number of hydrogen-bond donors (Lipinski definition) is 1. The first-order valence-corrected chi connectivity index (χ1v) is 11.9. The number of Topliss-reactive ketones (excluding diaryl/α,β-unsaturated/α-hetero) is 1. The summed E-state index contributed by atoms with van der Waals surface area (Å²) in [6.45, 7) is 4.11. The van der Waals surface area contributed by atoms with Gasteiger partial charge in [0, 0.05) is 28.3 Å². The Morgan fingerprint density at radius 2 is 1.83 bits per heavy atom. The van der Waals surface area contributed by atoms with Gasteiger partial charge in [0.15, 0.2) is 0 Å². The van der Waals surface area contributed by atoms with Crippen molar-refractivity contribution in [2.75, 3.05) is 11.5 Å². The third-order valence-electron chi connectivity index (χ3n) is 5.52. The van der Waals surface area contributed by atoms with Crippen LogP contribution in [0.25, 0.3) is 5.76 Å². The molecule has 36 heavy (non-hydrogen) atoms. The molecule has 2 heterocycles. The van der Waals surface area contributed by atoms with E-state index in [0.717, 1.165) is 6.07 Å². The van der Waals surface area contributed by atoms with E-state index in [1.165, 1.54) is 58.7 Å². The number of nitro benzene ring substituents is 1. The molecule has 1 N–H and O–H groups in total. The lowest BCUT2D eigenvalue weighted by atomic mass is 9.99. The first-order valence-electron chi connectivity index (χ1n) is 11.1. The SMILES string of the molecule is CC(C)COC(=O)c1ccc(N2C(=O)C(=O)/C(=C(\O)c3cccc([N+](=O)[O-])c3)C2c2cccs2)cc1. The Morgan fingerprint density at radius 3 is 2.44 bits per heavy atom. The summed E-state index contributed by atoms with van der Waals surface area (Å²) in [5.41, 5.74) is 0.241. The number of nitrogens with zero attached hydrogens (tertiary/aromatic N) is 2. The van der Waals surface area contributed by atoms with Crippen molar-refractivity contribution in [3.63, 3.8) is 0 Å². The average Bonchev–Trinajstić information content (AvgIpc) is 3.49. The fraction of sp³-hybridized carbons (Fsp3) is 0.192. The maximum Gasteiger partial charge on any atom is 0.338 e. The van der Waals surface area contributed by atoms with E-state index in [1.54, 1.807) is 17.5 Å². The zero-order valence-corrected chi connectivity index (χ0v) is 20.2. The molecule has 1 aromatic heterocycles. The number of hydrogen-bond acceptors (Lipinski definition) is 8. The second kappa shape index (κ2) is 10.1. The minimum absolute atomic E-state index is 0.0482. The maximum atomic E-state index is 13.2. The van der Waals surface area contributed by atoms with E-state index in [2.05, 4.69) is 0 Å². The molecular weight excluding hydrogens is 484 g/mol. The Hall–Kier alpha value is -4.31. The van der Waals surface area contributed by atoms with Crippen molar-refractivity contribution in [3.8, 4) is 0 Å². The second-order valence-electron chi connectivity index (χ2n) is 8.53. The van der Waals surface area contributed by atoms with Crippen LogP contribution in [0.1, 0.15) is 40.7 Å². The molecule has 0 aliphatic carbocycles. The predicted molar refractivity (Wildman–Crippen MR) is 134 cm³/mol. The second-order valence-corrected chi connectivity index (χ2v) is 9.51. The molecule has 1 atom stereocenters. The highest BCUT2D eigenvalue weighted by Crippen LogP contribution is 2.43. The number of aliphatic hydroxyl groups excluding tert-OH is 1. The van der Waals surface area contributed by atoms with E-state index in [4.69, 9.17) is 4.74 Å². The fourth-order valence-corrected chi connectivity index (χ4v) is 4.64. The van der Waals surface area contributed by atoms with Crippen molar-refractivity contribution >= 4 is 46.1 Å². The smallest absolute Gasteiger partial charge is 0.338 e. The number of non-ortho nitro benzene ring substituents is 1. The zero-order chi connectivity index (χ0) is 26.0. The molecule has 0 bridgehead atoms. The highest BCUT2D eigenvalue weighted by Gasteiger charge is 2.47. The van der Waals surface area contributed by atoms with Crippen molar-refractivity contribution in [2.45, 2.75) is 19.9 Å². The van der Waals surface area contributed by atoms with Crippen molar-refractivity contribution in [1.29, 1.82) is 0 Å². The summed E-state index contributed by atoms with van der Waals surface area (Å²) in [4.78, 5) is 51.0. The fourth-order valence-electron chi connectivity index (χ4n) is 3.82. The number of aliphatic hydroxyl groups is 1. The summed E-state index contributed by atoms with van der Waals surface area (Å²) in [7, 11) is 0. The number of thiophene rings is 1. The van der Waals surface area contributed by atoms with Crippen LogP contribution in [-0.2, 0) is 14.3 Å². The molecule has 10 heteroatoms. The van der Waals surface area contributed by atoms with E-state index in [9.17, 15) is 29.6 Å². The molecule has 4 rings (SSSR count). The molecule has 1 saturated heterocycles. The Morgan fingerprint density at radius 1 is 1.11 bits per heavy atom. The minimum Gasteiger partial charge on any atom is -0.507 e. The standard InChI is InChI=1S/C26H22N2O7S/c1-15(2)14-35-26(32)16-8-10-18(11-9-16)27-22(20-7-4-12-36-20)21(24(30)25(27)31)23(29)17-5-3-6-19(13-17)28(33)34/h3-13,15,22,29H,14H2,1-2H3/b23-21-. The largest absolute Gasteiger partial charge is 0.507 e. The van der Waals surface area contributed by atoms with Crippen LogP contribution in [0.3, 0.4) is 0 Å². The maximum absolute atomic E-state index is 13.2. The summed E-state index contributed by atoms with van der Waals surface area (Å²) in [6.07, 6.45) is 0. The zero-order valence-electron chi connectivity index (χ0n) is 19.4. The molecule has 2 aromatic carbocycles. The quantitative estimate of drug-likeness (QED) is 0.118. The summed E-state index contributed by atoms with van der Waals surface area (Å²) >= 11 is 1.29. The molecule has 3 aromatic rings. The number of carbonyl (C=O) groups is 3. The topological polar surface area (TPSA) is 127 Å². The first kappa shape index (κ1) is 24.8. The Labute approximate surface area is 210 Å². The summed E-state index contributed by atoms with van der Waals surface area (Å²) in [5.74, 6) is -2.62. The molecule has 9 nitrogen and oxygen atoms in total. The van der Waals surface area contributed by atoms with Gasteiger partial charge in [-0.1, -0.05) is 32.0 Å². The number of esters is 1. The number of nitro groups is 1. The van der Waals surface area contributed by atoms with E-state index in [0.29, 0.717) is 16.1 Å². The van der Waals surface area contributed by atoms with Gasteiger partial charge < -0.3 is 9.84 Å². The van der Waals surface area contributed by atoms with Gasteiger partial charge in [0.25, 0.3) is 17.4 Å². The van der Waals surface area contributed by atoms with Gasteiger partial charge in [0.05, 0.1) is 22.7 Å². The molecule has 1 amide bonds. The van der Waals surface area contributed by atoms with Crippen LogP contribution in [-0.4, -0.2) is 34.3 Å². The normalized spacial score (nSPS) is 17.0. The number of amides is 1. The number of carbonyl (C=O) groups excluding carboxylic acids is 3. The summed E-state index contributed by atoms with van der Waals surface area (Å²) in [6, 6.07) is 13.8. The van der Waals surface area contributed by atoms with E-state index in [1.807, 2.05) is 13.8 Å². The number of rotatable bonds is 7. The lowest BCUT2D eigenvalue weighted by molar-refractivity contribution is -0.384. The van der Waals surface area contributed by atoms with Gasteiger partial charge in [0.2, 0.25) is 0 Å². The highest BCUT2D eigenvalue weighted by molar-refractivity contribution is 7.10. The predicted octanol–water partition coefficient (Wildman–Crippen LogP) is 5.10. The first-order chi connectivity index (χ1) is 17.2. The van der Waals surface area contributed by atoms with Gasteiger partial charge in [-0.05, 0) is 41.6 Å². The van der Waals surface area contributed by atoms with E-state index < -0.39 is 34.4 Å². The Kier molecular flexibility index (Phi) is 6.98. The summed E-state index contributed by atoms with van der Waals surface area (Å²) in [5, 5.41) is 24.0. The van der Waals surface area contributed by atoms with Crippen LogP contribution >= 0.6 is 11.3 Å². The number of ether oxygens (including phenoxy) is 1. The number of ketones is 1. The van der Waals surface area contributed by atoms with Crippen LogP contribution < -0.4 is 4.90 Å². The van der Waals surface area contributed by atoms with E-state index in [-0.39, 0.29) is 29.3 Å². The molecule has 1 unspecified atom stereocenters. The van der Waals surface area contributed by atoms with Crippen LogP contribution in [0.2, 0.25) is 0 Å². The van der Waals surface area contributed by atoms with Crippen LogP contribution in [0.5, 0.6) is 0 Å². The minimum atomic E-state index is -0.956. The molecule has 0 radical (unpaired) electrons. The van der Waals surface area contributed by atoms with Gasteiger partial charge in [0.1, 0.15) is 11.8 Å². The molecule has 1 fully saturated rings. The van der Waals surface area contributed by atoms with Crippen LogP contribution in [0.4, 0.5) is 11.4 Å². The van der Waals surface area contributed by atoms with Gasteiger partial charge in [-0.25, -0.2) is 4.79 Å². The highest BCUT2D eigenvalue weighted by atomic mass is 32.1. The van der Waals surface area contributed by atoms with E-state index >= 15 is 0 Å². The van der Waals surface area contributed by atoms with Crippen molar-refractivity contribution in [3.05, 3.63) is 97.7 Å². The van der Waals surface area contributed by atoms with Gasteiger partial charge >= 0.3 is 5.97 Å². The third-order valence-corrected chi connectivity index (χ3v) is 6.44. The molecule has 184 valence electrons. The van der Waals surface area contributed by atoms with Crippen molar-refractivity contribution in [2.24, 2.45) is 5.92 Å². The van der Waals surface area contributed by atoms with Crippen LogP contribution in [0.15, 0.2) is 71.6 Å². The lowest BCUT2D eigenvalue weighted by Gasteiger charge is -2.24. The molecular formula is C26H22N2O7S. The van der Waals surface area contributed by atoms with Crippen molar-refractivity contribution < 1.29 is 29.2 Å². The summed E-state index contributed by atoms with van der Waals surface area (Å²) < 4.78 is 5.24. The van der Waals surface area contributed by atoms with Gasteiger partial charge in [-0.3, -0.25) is 24.6 Å². The van der Waals surface area contributed by atoms with Crippen LogP contribution in [0, 0.1) is 16.0 Å². The van der Waals surface area contributed by atoms with Crippen molar-refractivity contribution in [1.82, 2.24) is 0 Å². The monoisotopic (exact) mass is 506 g/mol. The number of anilines is 1. The molecule has 1 aliphatic heterocycles.